The third-order valence-corrected chi connectivity index (χ3v) is 5.95. The van der Waals surface area contributed by atoms with Crippen LogP contribution in [0.2, 0.25) is 0 Å². The Bertz CT molecular complexity index is 500. The Morgan fingerprint density at radius 3 is 2.70 bits per heavy atom. The minimum absolute atomic E-state index is 0.343. The van der Waals surface area contributed by atoms with Gasteiger partial charge in [0.15, 0.2) is 0 Å². The fourth-order valence-corrected chi connectivity index (χ4v) is 4.56. The summed E-state index contributed by atoms with van der Waals surface area (Å²) >= 11 is 0. The standard InChI is InChI=1S/C21H32N2/c1-2-7-18-8-6-11-20(18)23-17-14-21(12-15-22-16-13-21)19-9-4-3-5-10-19/h3-5,9-10,18,22H,2,6-8,11-17H2,1H3. The molecule has 1 heterocycles. The van der Waals surface area contributed by atoms with E-state index >= 15 is 0 Å². The molecule has 1 atom stereocenters. The van der Waals surface area contributed by atoms with Crippen LogP contribution in [0, 0.1) is 5.92 Å². The SMILES string of the molecule is CCCC1CCCC1=NCCC1(c2ccccc2)CCNCC1. The Morgan fingerprint density at radius 1 is 1.17 bits per heavy atom. The van der Waals surface area contributed by atoms with Crippen LogP contribution in [0.25, 0.3) is 0 Å². The first-order valence-corrected chi connectivity index (χ1v) is 9.63. The van der Waals surface area contributed by atoms with Crippen molar-refractivity contribution in [2.75, 3.05) is 19.6 Å². The van der Waals surface area contributed by atoms with E-state index in [0.717, 1.165) is 25.6 Å². The molecule has 1 aliphatic heterocycles. The molecule has 0 amide bonds. The normalized spacial score (nSPS) is 25.8. The summed E-state index contributed by atoms with van der Waals surface area (Å²) in [6.07, 6.45) is 10.3. The number of piperidine rings is 1. The van der Waals surface area contributed by atoms with Gasteiger partial charge >= 0.3 is 0 Å². The average Bonchev–Trinajstić information content (AvgIpc) is 3.04. The maximum absolute atomic E-state index is 5.08. The summed E-state index contributed by atoms with van der Waals surface area (Å²) in [5.74, 6) is 0.792. The van der Waals surface area contributed by atoms with Gasteiger partial charge in [0.1, 0.15) is 0 Å². The van der Waals surface area contributed by atoms with E-state index < -0.39 is 0 Å². The van der Waals surface area contributed by atoms with Crippen LogP contribution in [-0.4, -0.2) is 25.3 Å². The van der Waals surface area contributed by atoms with Gasteiger partial charge in [-0.15, -0.1) is 0 Å². The fourth-order valence-electron chi connectivity index (χ4n) is 4.56. The third kappa shape index (κ3) is 4.03. The molecule has 0 aromatic heterocycles. The number of rotatable bonds is 6. The van der Waals surface area contributed by atoms with E-state index in [2.05, 4.69) is 42.6 Å². The Balaban J connectivity index is 1.68. The average molecular weight is 313 g/mol. The zero-order valence-corrected chi connectivity index (χ0v) is 14.7. The van der Waals surface area contributed by atoms with Crippen molar-refractivity contribution in [3.8, 4) is 0 Å². The van der Waals surface area contributed by atoms with Crippen molar-refractivity contribution in [3.63, 3.8) is 0 Å². The first-order chi connectivity index (χ1) is 11.3. The smallest absolute Gasteiger partial charge is 0.0397 e. The molecule has 0 bridgehead atoms. The lowest BCUT2D eigenvalue weighted by Gasteiger charge is -2.38. The van der Waals surface area contributed by atoms with Gasteiger partial charge in [-0.2, -0.15) is 0 Å². The van der Waals surface area contributed by atoms with Crippen molar-refractivity contribution in [1.82, 2.24) is 5.32 Å². The molecule has 2 fully saturated rings. The number of nitrogens with zero attached hydrogens (tertiary/aromatic N) is 1. The van der Waals surface area contributed by atoms with Crippen LogP contribution in [0.1, 0.15) is 63.9 Å². The van der Waals surface area contributed by atoms with Crippen LogP contribution in [-0.2, 0) is 5.41 Å². The van der Waals surface area contributed by atoms with Gasteiger partial charge in [-0.1, -0.05) is 43.7 Å². The molecular weight excluding hydrogens is 280 g/mol. The second-order valence-electron chi connectivity index (χ2n) is 7.40. The van der Waals surface area contributed by atoms with Crippen LogP contribution in [0.15, 0.2) is 35.3 Å². The lowest BCUT2D eigenvalue weighted by molar-refractivity contribution is 0.291. The summed E-state index contributed by atoms with van der Waals surface area (Å²) in [6, 6.07) is 11.2. The van der Waals surface area contributed by atoms with Gasteiger partial charge in [-0.25, -0.2) is 0 Å². The maximum Gasteiger partial charge on any atom is 0.0397 e. The number of nitrogens with one attached hydrogen (secondary N) is 1. The second kappa shape index (κ2) is 8.10. The molecule has 2 aliphatic rings. The number of aliphatic imine (C=N–C) groups is 1. The van der Waals surface area contributed by atoms with Crippen molar-refractivity contribution in [1.29, 1.82) is 0 Å². The summed E-state index contributed by atoms with van der Waals surface area (Å²) < 4.78 is 0. The maximum atomic E-state index is 5.08. The molecule has 0 radical (unpaired) electrons. The number of hydrogen-bond acceptors (Lipinski definition) is 2. The summed E-state index contributed by atoms with van der Waals surface area (Å²) in [4.78, 5) is 5.08. The molecule has 1 aliphatic carbocycles. The number of hydrogen-bond donors (Lipinski definition) is 1. The lowest BCUT2D eigenvalue weighted by atomic mass is 9.71. The van der Waals surface area contributed by atoms with E-state index in [9.17, 15) is 0 Å². The summed E-state index contributed by atoms with van der Waals surface area (Å²) in [5.41, 5.74) is 3.40. The monoisotopic (exact) mass is 312 g/mol. The second-order valence-corrected chi connectivity index (χ2v) is 7.40. The largest absolute Gasteiger partial charge is 0.317 e. The summed E-state index contributed by atoms with van der Waals surface area (Å²) in [6.45, 7) is 5.60. The molecule has 0 spiro atoms. The van der Waals surface area contributed by atoms with Gasteiger partial charge in [0, 0.05) is 12.3 Å². The highest BCUT2D eigenvalue weighted by molar-refractivity contribution is 5.88. The highest BCUT2D eigenvalue weighted by atomic mass is 14.9. The zero-order chi connectivity index (χ0) is 16.0. The van der Waals surface area contributed by atoms with Crippen molar-refractivity contribution in [3.05, 3.63) is 35.9 Å². The molecule has 1 aromatic rings. The Morgan fingerprint density at radius 2 is 1.96 bits per heavy atom. The molecule has 1 unspecified atom stereocenters. The van der Waals surface area contributed by atoms with Crippen LogP contribution in [0.4, 0.5) is 0 Å². The fraction of sp³-hybridized carbons (Fsp3) is 0.667. The van der Waals surface area contributed by atoms with Gasteiger partial charge in [-0.3, -0.25) is 4.99 Å². The van der Waals surface area contributed by atoms with Gasteiger partial charge in [0.25, 0.3) is 0 Å². The van der Waals surface area contributed by atoms with Crippen LogP contribution in [0.5, 0.6) is 0 Å². The first-order valence-electron chi connectivity index (χ1n) is 9.63. The highest BCUT2D eigenvalue weighted by Gasteiger charge is 2.33. The molecule has 1 aromatic carbocycles. The van der Waals surface area contributed by atoms with Gasteiger partial charge in [0.2, 0.25) is 0 Å². The third-order valence-electron chi connectivity index (χ3n) is 5.95. The van der Waals surface area contributed by atoms with Crippen molar-refractivity contribution < 1.29 is 0 Å². The molecule has 23 heavy (non-hydrogen) atoms. The quantitative estimate of drug-likeness (QED) is 0.806. The Hall–Kier alpha value is -1.15. The molecule has 126 valence electrons. The molecule has 1 N–H and O–H groups in total. The van der Waals surface area contributed by atoms with Gasteiger partial charge < -0.3 is 5.32 Å². The van der Waals surface area contributed by atoms with Gasteiger partial charge in [-0.05, 0) is 74.9 Å². The van der Waals surface area contributed by atoms with Crippen LogP contribution < -0.4 is 5.32 Å². The highest BCUT2D eigenvalue weighted by Crippen LogP contribution is 2.37. The molecule has 1 saturated heterocycles. The topological polar surface area (TPSA) is 24.4 Å². The van der Waals surface area contributed by atoms with Crippen molar-refractivity contribution >= 4 is 5.71 Å². The van der Waals surface area contributed by atoms with E-state index in [4.69, 9.17) is 4.99 Å². The van der Waals surface area contributed by atoms with E-state index in [0.29, 0.717) is 5.41 Å². The minimum atomic E-state index is 0.343. The molecule has 3 rings (SSSR count). The predicted molar refractivity (Wildman–Crippen MR) is 99.4 cm³/mol. The van der Waals surface area contributed by atoms with Crippen LogP contribution >= 0.6 is 0 Å². The Labute approximate surface area is 141 Å². The van der Waals surface area contributed by atoms with Gasteiger partial charge in [0.05, 0.1) is 0 Å². The lowest BCUT2D eigenvalue weighted by Crippen LogP contribution is -2.40. The first kappa shape index (κ1) is 16.7. The minimum Gasteiger partial charge on any atom is -0.317 e. The van der Waals surface area contributed by atoms with Crippen molar-refractivity contribution in [2.45, 2.75) is 63.7 Å². The number of benzene rings is 1. The van der Waals surface area contributed by atoms with Crippen molar-refractivity contribution in [2.24, 2.45) is 10.9 Å². The molecular formula is C21H32N2. The van der Waals surface area contributed by atoms with E-state index in [1.165, 1.54) is 62.6 Å². The van der Waals surface area contributed by atoms with E-state index in [1.54, 1.807) is 0 Å². The molecule has 2 heteroatoms. The zero-order valence-electron chi connectivity index (χ0n) is 14.7. The van der Waals surface area contributed by atoms with E-state index in [-0.39, 0.29) is 0 Å². The van der Waals surface area contributed by atoms with Crippen LogP contribution in [0.3, 0.4) is 0 Å². The Kier molecular flexibility index (Phi) is 5.88. The molecule has 1 saturated carbocycles. The summed E-state index contributed by atoms with van der Waals surface area (Å²) in [5, 5.41) is 3.53. The van der Waals surface area contributed by atoms with E-state index in [1.807, 2.05) is 0 Å². The predicted octanol–water partition coefficient (Wildman–Crippen LogP) is 4.74. The summed E-state index contributed by atoms with van der Waals surface area (Å²) in [7, 11) is 0. The molecule has 2 nitrogen and oxygen atoms in total.